The first-order valence-electron chi connectivity index (χ1n) is 18.9. The number of H-pyrrole nitrogens is 1. The van der Waals surface area contributed by atoms with Crippen LogP contribution in [0, 0.1) is 5.92 Å². The van der Waals surface area contributed by atoms with Crippen molar-refractivity contribution >= 4 is 61.5 Å². The normalized spacial score (nSPS) is 19.1. The molecule has 3 N–H and O–H groups in total. The van der Waals surface area contributed by atoms with E-state index in [0.717, 1.165) is 77.7 Å². The van der Waals surface area contributed by atoms with Crippen LogP contribution in [-0.4, -0.2) is 131 Å². The zero-order valence-corrected chi connectivity index (χ0v) is 33.6. The maximum atomic E-state index is 13.3. The number of nitrogens with one attached hydrogen (secondary N) is 2. The molecule has 1 unspecified atom stereocenters. The van der Waals surface area contributed by atoms with Crippen molar-refractivity contribution in [2.75, 3.05) is 77.9 Å². The lowest BCUT2D eigenvalue weighted by molar-refractivity contribution is -0.160. The number of morpholine rings is 1. The molecule has 1 atom stereocenters. The fourth-order valence-electron chi connectivity index (χ4n) is 7.26. The van der Waals surface area contributed by atoms with Crippen LogP contribution in [0.1, 0.15) is 56.0 Å². The van der Waals surface area contributed by atoms with E-state index >= 15 is 0 Å². The number of thiazole rings is 1. The number of amides is 2. The number of carbonyl (C=O) groups is 2. The fraction of sp³-hybridized carbons (Fsp3) is 0.632. The van der Waals surface area contributed by atoms with Crippen molar-refractivity contribution in [2.24, 2.45) is 10.9 Å². The maximum absolute atomic E-state index is 13.3. The molecule has 1 aromatic carbocycles. The van der Waals surface area contributed by atoms with Crippen LogP contribution in [-0.2, 0) is 38.4 Å². The van der Waals surface area contributed by atoms with E-state index in [1.54, 1.807) is 29.2 Å². The predicted octanol–water partition coefficient (Wildman–Crippen LogP) is 4.35. The molecule has 0 radical (unpaired) electrons. The summed E-state index contributed by atoms with van der Waals surface area (Å²) < 4.78 is 13.0. The summed E-state index contributed by atoms with van der Waals surface area (Å²) in [6.07, 6.45) is 3.76. The van der Waals surface area contributed by atoms with Gasteiger partial charge in [-0.15, -0.1) is 23.1 Å². The predicted molar refractivity (Wildman–Crippen MR) is 215 cm³/mol. The van der Waals surface area contributed by atoms with Gasteiger partial charge >= 0.3 is 4.87 Å². The van der Waals surface area contributed by atoms with E-state index in [4.69, 9.17) is 14.5 Å². The molecule has 0 bridgehead atoms. The number of rotatable bonds is 17. The molecule has 1 spiro atoms. The van der Waals surface area contributed by atoms with Gasteiger partial charge < -0.3 is 34.7 Å². The van der Waals surface area contributed by atoms with Gasteiger partial charge in [0.25, 0.3) is 0 Å². The molecule has 2 amide bonds. The minimum atomic E-state index is -0.247. The average Bonchev–Trinajstić information content (AvgIpc) is 3.92. The Hall–Kier alpha value is -2.79. The van der Waals surface area contributed by atoms with Crippen LogP contribution in [0.4, 0.5) is 0 Å². The Morgan fingerprint density at radius 1 is 1.19 bits per heavy atom. The van der Waals surface area contributed by atoms with E-state index in [0.29, 0.717) is 76.9 Å². The van der Waals surface area contributed by atoms with Gasteiger partial charge in [-0.05, 0) is 67.8 Å². The van der Waals surface area contributed by atoms with Crippen molar-refractivity contribution < 1.29 is 24.2 Å². The van der Waals surface area contributed by atoms with E-state index in [2.05, 4.69) is 40.5 Å². The number of phenols is 1. The zero-order valence-electron chi connectivity index (χ0n) is 31.2. The smallest absolute Gasteiger partial charge is 0.305 e. The number of thiophene rings is 1. The molecule has 53 heavy (non-hydrogen) atoms. The van der Waals surface area contributed by atoms with Crippen LogP contribution in [0.3, 0.4) is 0 Å². The van der Waals surface area contributed by atoms with E-state index in [1.807, 2.05) is 22.8 Å². The van der Waals surface area contributed by atoms with Gasteiger partial charge in [-0.1, -0.05) is 31.3 Å². The minimum absolute atomic E-state index is 0.0867. The Kier molecular flexibility index (Phi) is 14.1. The van der Waals surface area contributed by atoms with Gasteiger partial charge in [0, 0.05) is 68.9 Å². The number of fused-ring (bicyclic) bond motifs is 1. The minimum Gasteiger partial charge on any atom is -0.506 e. The van der Waals surface area contributed by atoms with Crippen LogP contribution in [0.15, 0.2) is 33.4 Å². The van der Waals surface area contributed by atoms with Gasteiger partial charge in [-0.25, -0.2) is 0 Å². The largest absolute Gasteiger partial charge is 0.506 e. The molecule has 3 aliphatic rings. The van der Waals surface area contributed by atoms with E-state index in [1.165, 1.54) is 10.4 Å². The molecule has 2 fully saturated rings. The summed E-state index contributed by atoms with van der Waals surface area (Å²) in [5, 5.41) is 16.7. The number of nitrogens with zero attached hydrogens (tertiary/aromatic N) is 4. The topological polar surface area (TPSA) is 140 Å². The number of phenolic OH excluding ortho intramolecular Hbond substituents is 1. The third-order valence-electron chi connectivity index (χ3n) is 10.4. The van der Waals surface area contributed by atoms with Crippen molar-refractivity contribution in [1.29, 1.82) is 0 Å². The number of ether oxygens (including phenoxy) is 2. The standard InChI is InChI=1S/C38H54N6O6S3/c1-4-43(16-13-39-12-7-28-5-6-31(45)33-34(28)53-37(48)41-33)32(46)9-19-49-18-8-27-21-29(51-23-27)22-42-14-10-38(11-15-42)25-44(17-20-50-38)36(47)30-24-52-35(40-30)26(2)3/h5-6,21,23,26,30,39,45H,4,7-20,22,24-25H2,1-3H3,(H,41,48). The van der Waals surface area contributed by atoms with Crippen molar-refractivity contribution in [3.05, 3.63) is 49.3 Å². The lowest BCUT2D eigenvalue weighted by atomic mass is 9.89. The second-order valence-corrected chi connectivity index (χ2v) is 17.5. The van der Waals surface area contributed by atoms with Gasteiger partial charge in [0.1, 0.15) is 17.3 Å². The molecular weight excluding hydrogens is 733 g/mol. The first kappa shape index (κ1) is 39.9. The van der Waals surface area contributed by atoms with Crippen molar-refractivity contribution in [1.82, 2.24) is 25.0 Å². The number of aliphatic imine (C=N–C) groups is 1. The molecule has 3 aliphatic heterocycles. The second kappa shape index (κ2) is 18.7. The number of hydrogen-bond donors (Lipinski definition) is 3. The van der Waals surface area contributed by atoms with Crippen LogP contribution < -0.4 is 10.2 Å². The lowest BCUT2D eigenvalue weighted by Gasteiger charge is -2.47. The molecule has 6 rings (SSSR count). The van der Waals surface area contributed by atoms with Gasteiger partial charge in [-0.3, -0.25) is 24.3 Å². The number of benzene rings is 1. The fourth-order valence-corrected chi connectivity index (χ4v) is 10.2. The molecule has 5 heterocycles. The molecular formula is C38H54N6O6S3. The maximum Gasteiger partial charge on any atom is 0.305 e. The molecule has 290 valence electrons. The van der Waals surface area contributed by atoms with Gasteiger partial charge in [0.15, 0.2) is 0 Å². The Bertz CT molecular complexity index is 1780. The molecule has 0 aliphatic carbocycles. The van der Waals surface area contributed by atoms with Crippen LogP contribution in [0.5, 0.6) is 5.75 Å². The van der Waals surface area contributed by atoms with Gasteiger partial charge in [-0.2, -0.15) is 0 Å². The summed E-state index contributed by atoms with van der Waals surface area (Å²) in [7, 11) is 0. The monoisotopic (exact) mass is 786 g/mol. The van der Waals surface area contributed by atoms with E-state index in [-0.39, 0.29) is 34.1 Å². The number of aromatic amines is 1. The summed E-state index contributed by atoms with van der Waals surface area (Å²) in [6.45, 7) is 14.6. The van der Waals surface area contributed by atoms with Gasteiger partial charge in [0.05, 0.1) is 41.6 Å². The SMILES string of the molecule is CCN(CCNCCc1ccc(O)c2[nH]c(=O)sc12)C(=O)CCOCCc1csc(CN2CCC3(CC2)CN(C(=O)C2CSC(C(C)C)=N2)CCO3)c1. The average molecular weight is 787 g/mol. The molecule has 2 aromatic heterocycles. The molecule has 15 heteroatoms. The second-order valence-electron chi connectivity index (χ2n) is 14.5. The first-order valence-corrected chi connectivity index (χ1v) is 21.6. The van der Waals surface area contributed by atoms with Crippen molar-refractivity contribution in [3.8, 4) is 5.75 Å². The Labute approximate surface area is 324 Å². The van der Waals surface area contributed by atoms with E-state index < -0.39 is 0 Å². The zero-order chi connectivity index (χ0) is 37.4. The summed E-state index contributed by atoms with van der Waals surface area (Å²) in [5.41, 5.74) is 2.53. The summed E-state index contributed by atoms with van der Waals surface area (Å²) in [4.78, 5) is 52.8. The van der Waals surface area contributed by atoms with E-state index in [9.17, 15) is 19.5 Å². The number of thioether (sulfide) groups is 1. The Morgan fingerprint density at radius 2 is 2.02 bits per heavy atom. The van der Waals surface area contributed by atoms with Crippen LogP contribution >= 0.6 is 34.4 Å². The molecule has 0 saturated carbocycles. The molecule has 3 aromatic rings. The number of likely N-dealkylation sites (N-methyl/N-ethyl adjacent to an activating group) is 1. The van der Waals surface area contributed by atoms with Crippen LogP contribution in [0.2, 0.25) is 0 Å². The summed E-state index contributed by atoms with van der Waals surface area (Å²) >= 11 is 4.63. The summed E-state index contributed by atoms with van der Waals surface area (Å²) in [5.74, 6) is 1.47. The molecule has 12 nitrogen and oxygen atoms in total. The van der Waals surface area contributed by atoms with Crippen molar-refractivity contribution in [2.45, 2.75) is 71.1 Å². The number of likely N-dealkylation sites (tertiary alicyclic amines) is 1. The molecule has 2 saturated heterocycles. The van der Waals surface area contributed by atoms with Crippen LogP contribution in [0.25, 0.3) is 10.2 Å². The first-order chi connectivity index (χ1) is 25.6. The highest BCUT2D eigenvalue weighted by Gasteiger charge is 2.42. The third-order valence-corrected chi connectivity index (χ3v) is 13.6. The quantitative estimate of drug-likeness (QED) is 0.171. The number of aromatic hydroxyl groups is 1. The number of carbonyl (C=O) groups excluding carboxylic acids is 2. The summed E-state index contributed by atoms with van der Waals surface area (Å²) in [6, 6.07) is 5.50. The highest BCUT2D eigenvalue weighted by atomic mass is 32.2. The number of aromatic nitrogens is 1. The lowest BCUT2D eigenvalue weighted by Crippen LogP contribution is -2.59. The van der Waals surface area contributed by atoms with Crippen molar-refractivity contribution in [3.63, 3.8) is 0 Å². The number of hydrogen-bond acceptors (Lipinski definition) is 12. The highest BCUT2D eigenvalue weighted by Crippen LogP contribution is 2.33. The number of piperidine rings is 1. The Morgan fingerprint density at radius 3 is 2.79 bits per heavy atom. The van der Waals surface area contributed by atoms with Gasteiger partial charge in [0.2, 0.25) is 11.8 Å². The Balaban J connectivity index is 0.835. The highest BCUT2D eigenvalue weighted by molar-refractivity contribution is 8.14. The third kappa shape index (κ3) is 10.5.